The van der Waals surface area contributed by atoms with E-state index in [1.807, 2.05) is 0 Å². The van der Waals surface area contributed by atoms with Gasteiger partial charge in [0.25, 0.3) is 0 Å². The Bertz CT molecular complexity index is 360. The zero-order chi connectivity index (χ0) is 13.8. The second kappa shape index (κ2) is 6.24. The molecule has 6 heteroatoms. The monoisotopic (exact) mass is 264 g/mol. The topological polar surface area (TPSA) is 28.4 Å². The molecule has 0 aliphatic heterocycles. The zero-order valence-electron chi connectivity index (χ0n) is 10.8. The summed E-state index contributed by atoms with van der Waals surface area (Å²) < 4.78 is 42.6. The number of hydrogen-bond donors (Lipinski definition) is 1. The molecule has 0 atom stereocenters. The lowest BCUT2D eigenvalue weighted by molar-refractivity contribution is -0.151. The molecule has 0 spiro atoms. The van der Waals surface area contributed by atoms with Gasteiger partial charge in [-0.3, -0.25) is 4.90 Å². The first-order chi connectivity index (χ1) is 8.33. The molecule has 0 amide bonds. The summed E-state index contributed by atoms with van der Waals surface area (Å²) in [5.41, 5.74) is 0.894. The maximum atomic E-state index is 12.5. The molecule has 0 saturated carbocycles. The number of alkyl halides is 3. The third-order valence-electron chi connectivity index (χ3n) is 2.66. The first-order valence-corrected chi connectivity index (χ1v) is 5.84. The van der Waals surface area contributed by atoms with Crippen molar-refractivity contribution in [3.8, 4) is 0 Å². The third-order valence-corrected chi connectivity index (χ3v) is 2.66. The first kappa shape index (κ1) is 15.0. The predicted molar refractivity (Wildman–Crippen MR) is 63.1 cm³/mol. The minimum absolute atomic E-state index is 0.168. The van der Waals surface area contributed by atoms with Crippen LogP contribution in [0.2, 0.25) is 0 Å². The Morgan fingerprint density at radius 3 is 2.56 bits per heavy atom. The van der Waals surface area contributed by atoms with Gasteiger partial charge in [-0.25, -0.2) is 0 Å². The van der Waals surface area contributed by atoms with E-state index in [0.717, 1.165) is 5.56 Å². The molecule has 0 aliphatic rings. The van der Waals surface area contributed by atoms with Crippen molar-refractivity contribution in [2.75, 3.05) is 13.6 Å². The molecule has 0 unspecified atom stereocenters. The number of nitrogens with zero attached hydrogens (tertiary/aromatic N) is 1. The van der Waals surface area contributed by atoms with Crippen molar-refractivity contribution in [2.24, 2.45) is 0 Å². The van der Waals surface area contributed by atoms with Crippen molar-refractivity contribution in [1.82, 2.24) is 10.2 Å². The summed E-state index contributed by atoms with van der Waals surface area (Å²) in [5, 5.41) is 2.96. The molecule has 1 aromatic rings. The van der Waals surface area contributed by atoms with Crippen molar-refractivity contribution in [3.63, 3.8) is 0 Å². The standard InChI is InChI=1S/C12H19F3N2O/c1-9(2)17(8-12(13,14)15)7-11-10(6-16-3)4-5-18-11/h4-5,9,16H,6-8H2,1-3H3. The SMILES string of the molecule is CNCc1ccoc1CN(CC(F)(F)F)C(C)C. The molecule has 0 saturated heterocycles. The predicted octanol–water partition coefficient (Wildman–Crippen LogP) is 2.77. The van der Waals surface area contributed by atoms with Gasteiger partial charge in [0.1, 0.15) is 5.76 Å². The van der Waals surface area contributed by atoms with E-state index in [0.29, 0.717) is 12.3 Å². The van der Waals surface area contributed by atoms with E-state index in [1.165, 1.54) is 11.2 Å². The van der Waals surface area contributed by atoms with E-state index in [1.54, 1.807) is 27.0 Å². The molecular weight excluding hydrogens is 245 g/mol. The first-order valence-electron chi connectivity index (χ1n) is 5.84. The summed E-state index contributed by atoms with van der Waals surface area (Å²) in [4.78, 5) is 1.35. The Morgan fingerprint density at radius 1 is 1.39 bits per heavy atom. The van der Waals surface area contributed by atoms with Crippen LogP contribution in [0.4, 0.5) is 13.2 Å². The lowest BCUT2D eigenvalue weighted by Crippen LogP contribution is -2.38. The fraction of sp³-hybridized carbons (Fsp3) is 0.667. The summed E-state index contributed by atoms with van der Waals surface area (Å²) in [5.74, 6) is 0.585. The van der Waals surface area contributed by atoms with Crippen LogP contribution in [0.1, 0.15) is 25.2 Å². The number of halogens is 3. The smallest absolute Gasteiger partial charge is 0.401 e. The molecule has 0 fully saturated rings. The molecule has 1 rings (SSSR count). The van der Waals surface area contributed by atoms with Crippen LogP contribution in [0, 0.1) is 0 Å². The minimum Gasteiger partial charge on any atom is -0.468 e. The Labute approximate surface area is 105 Å². The van der Waals surface area contributed by atoms with Gasteiger partial charge in [-0.1, -0.05) is 0 Å². The van der Waals surface area contributed by atoms with Gasteiger partial charge < -0.3 is 9.73 Å². The number of nitrogens with one attached hydrogen (secondary N) is 1. The second-order valence-corrected chi connectivity index (χ2v) is 4.51. The van der Waals surface area contributed by atoms with Crippen molar-refractivity contribution >= 4 is 0 Å². The number of furan rings is 1. The van der Waals surface area contributed by atoms with Gasteiger partial charge in [0, 0.05) is 18.2 Å². The number of hydrogen-bond acceptors (Lipinski definition) is 3. The van der Waals surface area contributed by atoms with Gasteiger partial charge in [0.05, 0.1) is 19.4 Å². The Morgan fingerprint density at radius 2 is 2.06 bits per heavy atom. The van der Waals surface area contributed by atoms with Crippen LogP contribution in [-0.2, 0) is 13.1 Å². The van der Waals surface area contributed by atoms with E-state index >= 15 is 0 Å². The maximum Gasteiger partial charge on any atom is 0.401 e. The largest absolute Gasteiger partial charge is 0.468 e. The normalized spacial score (nSPS) is 12.7. The van der Waals surface area contributed by atoms with Gasteiger partial charge in [-0.2, -0.15) is 13.2 Å². The van der Waals surface area contributed by atoms with Crippen molar-refractivity contribution < 1.29 is 17.6 Å². The quantitative estimate of drug-likeness (QED) is 0.856. The van der Waals surface area contributed by atoms with Crippen LogP contribution in [0.25, 0.3) is 0 Å². The Balaban J connectivity index is 2.74. The van der Waals surface area contributed by atoms with E-state index in [4.69, 9.17) is 4.42 Å². The highest BCUT2D eigenvalue weighted by molar-refractivity contribution is 5.16. The van der Waals surface area contributed by atoms with Gasteiger partial charge in [-0.05, 0) is 27.0 Å². The average molecular weight is 264 g/mol. The molecule has 18 heavy (non-hydrogen) atoms. The average Bonchev–Trinajstić information content (AvgIpc) is 2.63. The minimum atomic E-state index is -4.19. The molecule has 0 aliphatic carbocycles. The molecule has 104 valence electrons. The number of rotatable bonds is 6. The lowest BCUT2D eigenvalue weighted by atomic mass is 10.2. The molecule has 0 aromatic carbocycles. The van der Waals surface area contributed by atoms with Crippen LogP contribution in [0.3, 0.4) is 0 Å². The fourth-order valence-electron chi connectivity index (χ4n) is 1.69. The van der Waals surface area contributed by atoms with Crippen LogP contribution >= 0.6 is 0 Å². The highest BCUT2D eigenvalue weighted by atomic mass is 19.4. The fourth-order valence-corrected chi connectivity index (χ4v) is 1.69. The highest BCUT2D eigenvalue weighted by Gasteiger charge is 2.32. The van der Waals surface area contributed by atoms with Gasteiger partial charge >= 0.3 is 6.18 Å². The Hall–Kier alpha value is -1.01. The van der Waals surface area contributed by atoms with E-state index in [9.17, 15) is 13.2 Å². The van der Waals surface area contributed by atoms with Gasteiger partial charge in [-0.15, -0.1) is 0 Å². The van der Waals surface area contributed by atoms with Crippen molar-refractivity contribution in [2.45, 2.75) is 39.2 Å². The summed E-state index contributed by atoms with van der Waals surface area (Å²) in [6.45, 7) is 3.31. The molecule has 3 nitrogen and oxygen atoms in total. The van der Waals surface area contributed by atoms with E-state index < -0.39 is 12.7 Å². The summed E-state index contributed by atoms with van der Waals surface area (Å²) in [6, 6.07) is 1.58. The molecule has 1 aromatic heterocycles. The summed E-state index contributed by atoms with van der Waals surface area (Å²) in [7, 11) is 1.78. The van der Waals surface area contributed by atoms with E-state index in [2.05, 4.69) is 5.32 Å². The van der Waals surface area contributed by atoms with Crippen LogP contribution < -0.4 is 5.32 Å². The Kier molecular flexibility index (Phi) is 5.22. The van der Waals surface area contributed by atoms with Gasteiger partial charge in [0.15, 0.2) is 0 Å². The second-order valence-electron chi connectivity index (χ2n) is 4.51. The summed E-state index contributed by atoms with van der Waals surface area (Å²) >= 11 is 0. The van der Waals surface area contributed by atoms with Crippen LogP contribution in [-0.4, -0.2) is 30.7 Å². The van der Waals surface area contributed by atoms with E-state index in [-0.39, 0.29) is 12.6 Å². The van der Waals surface area contributed by atoms with Crippen molar-refractivity contribution in [3.05, 3.63) is 23.7 Å². The van der Waals surface area contributed by atoms with Crippen LogP contribution in [0.15, 0.2) is 16.7 Å². The maximum absolute atomic E-state index is 12.5. The highest BCUT2D eigenvalue weighted by Crippen LogP contribution is 2.21. The molecular formula is C12H19F3N2O. The third kappa shape index (κ3) is 4.70. The zero-order valence-corrected chi connectivity index (χ0v) is 10.8. The molecule has 0 radical (unpaired) electrons. The van der Waals surface area contributed by atoms with Crippen LogP contribution in [0.5, 0.6) is 0 Å². The summed E-state index contributed by atoms with van der Waals surface area (Å²) in [6.07, 6.45) is -2.69. The van der Waals surface area contributed by atoms with Crippen molar-refractivity contribution in [1.29, 1.82) is 0 Å². The molecule has 1 N–H and O–H groups in total. The lowest BCUT2D eigenvalue weighted by Gasteiger charge is -2.26. The van der Waals surface area contributed by atoms with Gasteiger partial charge in [0.2, 0.25) is 0 Å². The molecule has 1 heterocycles. The molecule has 0 bridgehead atoms.